The standard InChI is InChI=1S/C16H20BIO2/c1-7-8-12-9-13(18)10-14(11(12)2)17-19-15(3,4)16(5,6)20-17/h1,9-10H,8H2,2-6H3. The predicted molar refractivity (Wildman–Crippen MR) is 92.1 cm³/mol. The Hall–Kier alpha value is -0.505. The third-order valence-corrected chi connectivity index (χ3v) is 4.94. The molecular weight excluding hydrogens is 362 g/mol. The molecule has 106 valence electrons. The second-order valence-corrected chi connectivity index (χ2v) is 7.49. The van der Waals surface area contributed by atoms with Gasteiger partial charge in [0.1, 0.15) is 0 Å². The highest BCUT2D eigenvalue weighted by Gasteiger charge is 2.52. The van der Waals surface area contributed by atoms with E-state index in [9.17, 15) is 0 Å². The lowest BCUT2D eigenvalue weighted by Crippen LogP contribution is -2.41. The summed E-state index contributed by atoms with van der Waals surface area (Å²) in [5.74, 6) is 2.72. The Morgan fingerprint density at radius 2 is 1.75 bits per heavy atom. The molecule has 0 unspecified atom stereocenters. The van der Waals surface area contributed by atoms with Gasteiger partial charge in [0.15, 0.2) is 0 Å². The number of halogens is 1. The van der Waals surface area contributed by atoms with Gasteiger partial charge < -0.3 is 9.31 Å². The van der Waals surface area contributed by atoms with E-state index in [1.165, 1.54) is 11.1 Å². The van der Waals surface area contributed by atoms with Crippen LogP contribution in [0.4, 0.5) is 0 Å². The molecule has 0 bridgehead atoms. The molecular formula is C16H20BIO2. The second-order valence-electron chi connectivity index (χ2n) is 6.25. The van der Waals surface area contributed by atoms with Gasteiger partial charge in [-0.25, -0.2) is 0 Å². The molecule has 0 atom stereocenters. The van der Waals surface area contributed by atoms with Crippen LogP contribution in [0.1, 0.15) is 38.8 Å². The van der Waals surface area contributed by atoms with Crippen molar-refractivity contribution in [3.8, 4) is 12.3 Å². The van der Waals surface area contributed by atoms with Crippen molar-refractivity contribution < 1.29 is 9.31 Å². The summed E-state index contributed by atoms with van der Waals surface area (Å²) in [4.78, 5) is 0. The number of benzene rings is 1. The summed E-state index contributed by atoms with van der Waals surface area (Å²) in [5.41, 5.74) is 2.78. The topological polar surface area (TPSA) is 18.5 Å². The lowest BCUT2D eigenvalue weighted by atomic mass is 9.75. The van der Waals surface area contributed by atoms with E-state index in [2.05, 4.69) is 75.3 Å². The summed E-state index contributed by atoms with van der Waals surface area (Å²) in [6.45, 7) is 10.4. The molecule has 1 aliphatic rings. The van der Waals surface area contributed by atoms with Crippen LogP contribution in [0.2, 0.25) is 0 Å². The van der Waals surface area contributed by atoms with E-state index < -0.39 is 0 Å². The third kappa shape index (κ3) is 2.76. The van der Waals surface area contributed by atoms with Gasteiger partial charge in [-0.2, -0.15) is 0 Å². The van der Waals surface area contributed by atoms with Crippen LogP contribution in [0.25, 0.3) is 0 Å². The largest absolute Gasteiger partial charge is 0.495 e. The summed E-state index contributed by atoms with van der Waals surface area (Å²) in [7, 11) is -0.328. The van der Waals surface area contributed by atoms with E-state index in [4.69, 9.17) is 15.7 Å². The van der Waals surface area contributed by atoms with Gasteiger partial charge in [-0.1, -0.05) is 0 Å². The molecule has 1 aromatic rings. The Morgan fingerprint density at radius 1 is 1.20 bits per heavy atom. The highest BCUT2D eigenvalue weighted by molar-refractivity contribution is 14.1. The zero-order valence-electron chi connectivity index (χ0n) is 12.7. The maximum absolute atomic E-state index is 6.14. The molecule has 0 aliphatic carbocycles. The van der Waals surface area contributed by atoms with Crippen LogP contribution in [-0.2, 0) is 15.7 Å². The minimum atomic E-state index is -0.328. The van der Waals surface area contributed by atoms with Crippen LogP contribution in [-0.4, -0.2) is 18.3 Å². The minimum Gasteiger partial charge on any atom is -0.399 e. The van der Waals surface area contributed by atoms with Crippen LogP contribution in [0.5, 0.6) is 0 Å². The van der Waals surface area contributed by atoms with Gasteiger partial charge in [0, 0.05) is 9.99 Å². The number of hydrogen-bond acceptors (Lipinski definition) is 2. The minimum absolute atomic E-state index is 0.322. The van der Waals surface area contributed by atoms with E-state index in [-0.39, 0.29) is 18.3 Å². The molecule has 20 heavy (non-hydrogen) atoms. The maximum Gasteiger partial charge on any atom is 0.495 e. The SMILES string of the molecule is C#CCc1cc(I)cc(B2OC(C)(C)C(C)(C)O2)c1C. The molecule has 0 spiro atoms. The number of rotatable bonds is 2. The molecule has 1 fully saturated rings. The van der Waals surface area contributed by atoms with E-state index in [1.54, 1.807) is 0 Å². The van der Waals surface area contributed by atoms with Gasteiger partial charge in [0.2, 0.25) is 0 Å². The van der Waals surface area contributed by atoms with E-state index in [1.807, 2.05) is 0 Å². The fraction of sp³-hybridized carbons (Fsp3) is 0.500. The Morgan fingerprint density at radius 3 is 2.25 bits per heavy atom. The summed E-state index contributed by atoms with van der Waals surface area (Å²) in [6.07, 6.45) is 6.09. The van der Waals surface area contributed by atoms with E-state index >= 15 is 0 Å². The second kappa shape index (κ2) is 5.36. The first-order chi connectivity index (χ1) is 9.18. The van der Waals surface area contributed by atoms with Gasteiger partial charge in [-0.15, -0.1) is 12.3 Å². The summed E-state index contributed by atoms with van der Waals surface area (Å²) in [6, 6.07) is 4.25. The zero-order chi connectivity index (χ0) is 15.1. The van der Waals surface area contributed by atoms with Crippen molar-refractivity contribution >= 4 is 35.2 Å². The molecule has 4 heteroatoms. The van der Waals surface area contributed by atoms with Crippen molar-refractivity contribution in [2.45, 2.75) is 52.2 Å². The highest BCUT2D eigenvalue weighted by atomic mass is 127. The molecule has 0 amide bonds. The third-order valence-electron chi connectivity index (χ3n) is 4.32. The molecule has 0 saturated carbocycles. The number of hydrogen-bond donors (Lipinski definition) is 0. The molecule has 2 nitrogen and oxygen atoms in total. The van der Waals surface area contributed by atoms with Crippen molar-refractivity contribution in [2.24, 2.45) is 0 Å². The quantitative estimate of drug-likeness (QED) is 0.445. The molecule has 2 rings (SSSR count). The average molecular weight is 382 g/mol. The van der Waals surface area contributed by atoms with Crippen molar-refractivity contribution in [1.29, 1.82) is 0 Å². The predicted octanol–water partition coefficient (Wildman–Crippen LogP) is 3.07. The smallest absolute Gasteiger partial charge is 0.399 e. The lowest BCUT2D eigenvalue weighted by Gasteiger charge is -2.32. The monoisotopic (exact) mass is 382 g/mol. The first-order valence-corrected chi connectivity index (χ1v) is 7.84. The van der Waals surface area contributed by atoms with Crippen LogP contribution < -0.4 is 5.46 Å². The Bertz CT molecular complexity index is 557. The zero-order valence-corrected chi connectivity index (χ0v) is 14.9. The molecule has 1 aliphatic heterocycles. The van der Waals surface area contributed by atoms with Crippen molar-refractivity contribution in [3.63, 3.8) is 0 Å². The van der Waals surface area contributed by atoms with E-state index in [0.717, 1.165) is 9.03 Å². The first-order valence-electron chi connectivity index (χ1n) is 6.76. The molecule has 1 saturated heterocycles. The Labute approximate surface area is 135 Å². The molecule has 0 aromatic heterocycles. The molecule has 1 aromatic carbocycles. The number of terminal acetylenes is 1. The summed E-state index contributed by atoms with van der Waals surface area (Å²) < 4.78 is 13.4. The Balaban J connectivity index is 2.43. The highest BCUT2D eigenvalue weighted by Crippen LogP contribution is 2.36. The van der Waals surface area contributed by atoms with Gasteiger partial charge in [-0.3, -0.25) is 0 Å². The van der Waals surface area contributed by atoms with Crippen LogP contribution >= 0.6 is 22.6 Å². The maximum atomic E-state index is 6.14. The van der Waals surface area contributed by atoms with Crippen molar-refractivity contribution in [3.05, 3.63) is 26.8 Å². The fourth-order valence-corrected chi connectivity index (χ4v) is 2.98. The molecule has 0 radical (unpaired) electrons. The van der Waals surface area contributed by atoms with Crippen molar-refractivity contribution in [2.75, 3.05) is 0 Å². The molecule has 1 heterocycles. The van der Waals surface area contributed by atoms with Gasteiger partial charge in [0.05, 0.1) is 11.2 Å². The normalized spacial score (nSPS) is 19.9. The average Bonchev–Trinajstić information content (AvgIpc) is 2.53. The van der Waals surface area contributed by atoms with Crippen LogP contribution in [0.3, 0.4) is 0 Å². The molecule has 0 N–H and O–H groups in total. The first kappa shape index (κ1) is 15.9. The van der Waals surface area contributed by atoms with E-state index in [0.29, 0.717) is 6.42 Å². The lowest BCUT2D eigenvalue weighted by molar-refractivity contribution is 0.00578. The summed E-state index contributed by atoms with van der Waals surface area (Å²) in [5, 5.41) is 0. The van der Waals surface area contributed by atoms with Gasteiger partial charge in [0.25, 0.3) is 0 Å². The van der Waals surface area contributed by atoms with Crippen molar-refractivity contribution in [1.82, 2.24) is 0 Å². The van der Waals surface area contributed by atoms with Crippen LogP contribution in [0.15, 0.2) is 12.1 Å². The Kier molecular flexibility index (Phi) is 4.26. The van der Waals surface area contributed by atoms with Gasteiger partial charge in [-0.05, 0) is 85.9 Å². The fourth-order valence-electron chi connectivity index (χ4n) is 2.27. The van der Waals surface area contributed by atoms with Crippen LogP contribution in [0, 0.1) is 22.8 Å². The summed E-state index contributed by atoms with van der Waals surface area (Å²) >= 11 is 2.31. The van der Waals surface area contributed by atoms with Gasteiger partial charge >= 0.3 is 7.12 Å².